The van der Waals surface area contributed by atoms with E-state index in [0.29, 0.717) is 22.9 Å². The predicted molar refractivity (Wildman–Crippen MR) is 111 cm³/mol. The van der Waals surface area contributed by atoms with Crippen LogP contribution in [0, 0.1) is 0 Å². The number of ether oxygens (including phenoxy) is 2. The van der Waals surface area contributed by atoms with Crippen LogP contribution in [0.15, 0.2) is 60.2 Å². The number of fused-ring (bicyclic) bond motifs is 1. The monoisotopic (exact) mass is 394 g/mol. The van der Waals surface area contributed by atoms with Crippen molar-refractivity contribution in [2.45, 2.75) is 0 Å². The number of carbonyl (C=O) groups is 1. The number of thiazole rings is 1. The van der Waals surface area contributed by atoms with Gasteiger partial charge in [-0.25, -0.2) is 9.78 Å². The number of imidazole rings is 1. The fourth-order valence-electron chi connectivity index (χ4n) is 2.82. The van der Waals surface area contributed by atoms with Crippen molar-refractivity contribution in [3.63, 3.8) is 0 Å². The van der Waals surface area contributed by atoms with Crippen molar-refractivity contribution in [3.05, 3.63) is 60.2 Å². The van der Waals surface area contributed by atoms with Crippen molar-refractivity contribution >= 4 is 33.7 Å². The highest BCUT2D eigenvalue weighted by atomic mass is 32.1. The molecule has 0 aliphatic carbocycles. The van der Waals surface area contributed by atoms with Gasteiger partial charge < -0.3 is 20.1 Å². The third-order valence-corrected chi connectivity index (χ3v) is 4.94. The Balaban J connectivity index is 1.51. The van der Waals surface area contributed by atoms with E-state index < -0.39 is 0 Å². The first kappa shape index (κ1) is 17.9. The highest BCUT2D eigenvalue weighted by molar-refractivity contribution is 7.15. The minimum absolute atomic E-state index is 0.380. The molecule has 0 fully saturated rings. The number of methoxy groups -OCH3 is 2. The quantitative estimate of drug-likeness (QED) is 0.513. The molecule has 7 nitrogen and oxygen atoms in total. The maximum Gasteiger partial charge on any atom is 0.323 e. The molecule has 0 bridgehead atoms. The zero-order chi connectivity index (χ0) is 19.5. The first-order chi connectivity index (χ1) is 13.7. The number of anilines is 2. The van der Waals surface area contributed by atoms with E-state index in [1.54, 1.807) is 43.8 Å². The molecule has 8 heteroatoms. The number of aromatic nitrogens is 2. The van der Waals surface area contributed by atoms with Crippen LogP contribution in [-0.4, -0.2) is 29.6 Å². The summed E-state index contributed by atoms with van der Waals surface area (Å²) in [7, 11) is 3.11. The van der Waals surface area contributed by atoms with Crippen molar-refractivity contribution < 1.29 is 14.3 Å². The number of benzene rings is 2. The lowest BCUT2D eigenvalue weighted by molar-refractivity contribution is 0.262. The molecule has 2 N–H and O–H groups in total. The molecular weight excluding hydrogens is 376 g/mol. The molecule has 2 aromatic heterocycles. The number of hydrogen-bond donors (Lipinski definition) is 2. The Hall–Kier alpha value is -3.52. The summed E-state index contributed by atoms with van der Waals surface area (Å²) in [6.45, 7) is 0. The van der Waals surface area contributed by atoms with Gasteiger partial charge in [0, 0.05) is 35.1 Å². The maximum atomic E-state index is 12.5. The van der Waals surface area contributed by atoms with E-state index in [0.717, 1.165) is 16.2 Å². The number of carbonyl (C=O) groups excluding carboxylic acids is 1. The van der Waals surface area contributed by atoms with E-state index in [1.165, 1.54) is 0 Å². The van der Waals surface area contributed by atoms with Crippen molar-refractivity contribution in [1.82, 2.24) is 9.38 Å². The van der Waals surface area contributed by atoms with E-state index in [9.17, 15) is 4.79 Å². The molecular formula is C20H18N4O3S. The van der Waals surface area contributed by atoms with Crippen LogP contribution < -0.4 is 20.1 Å². The molecule has 28 heavy (non-hydrogen) atoms. The Morgan fingerprint density at radius 3 is 2.79 bits per heavy atom. The van der Waals surface area contributed by atoms with Crippen LogP contribution in [0.3, 0.4) is 0 Å². The predicted octanol–water partition coefficient (Wildman–Crippen LogP) is 4.72. The number of nitrogens with zero attached hydrogens (tertiary/aromatic N) is 2. The molecule has 0 saturated carbocycles. The van der Waals surface area contributed by atoms with E-state index in [4.69, 9.17) is 9.47 Å². The van der Waals surface area contributed by atoms with Gasteiger partial charge in [-0.15, -0.1) is 11.3 Å². The Labute approximate surface area is 165 Å². The van der Waals surface area contributed by atoms with Gasteiger partial charge in [0.25, 0.3) is 0 Å². The van der Waals surface area contributed by atoms with Crippen LogP contribution in [0.4, 0.5) is 16.2 Å². The highest BCUT2D eigenvalue weighted by Gasteiger charge is 2.11. The number of nitrogens with one attached hydrogen (secondary N) is 2. The molecule has 0 spiro atoms. The Morgan fingerprint density at radius 1 is 1.11 bits per heavy atom. The van der Waals surface area contributed by atoms with E-state index in [1.807, 2.05) is 46.4 Å². The Kier molecular flexibility index (Phi) is 4.86. The van der Waals surface area contributed by atoms with Crippen molar-refractivity contribution in [2.75, 3.05) is 24.9 Å². The summed E-state index contributed by atoms with van der Waals surface area (Å²) in [6, 6.07) is 12.4. The molecule has 2 aromatic carbocycles. The molecule has 142 valence electrons. The lowest BCUT2D eigenvalue weighted by Gasteiger charge is -2.13. The fraction of sp³-hybridized carbons (Fsp3) is 0.100. The zero-order valence-corrected chi connectivity index (χ0v) is 16.1. The van der Waals surface area contributed by atoms with Crippen LogP contribution in [0.2, 0.25) is 0 Å². The van der Waals surface area contributed by atoms with Crippen LogP contribution in [0.25, 0.3) is 16.2 Å². The average molecular weight is 394 g/mol. The van der Waals surface area contributed by atoms with Crippen LogP contribution >= 0.6 is 11.3 Å². The maximum absolute atomic E-state index is 12.5. The number of hydrogen-bond acceptors (Lipinski definition) is 5. The Morgan fingerprint density at radius 2 is 2.00 bits per heavy atom. The van der Waals surface area contributed by atoms with Crippen molar-refractivity contribution in [3.8, 4) is 22.8 Å². The van der Waals surface area contributed by atoms with Gasteiger partial charge in [-0.05, 0) is 24.3 Å². The molecule has 0 aliphatic rings. The highest BCUT2D eigenvalue weighted by Crippen LogP contribution is 2.29. The van der Waals surface area contributed by atoms with Gasteiger partial charge in [-0.2, -0.15) is 0 Å². The van der Waals surface area contributed by atoms with Gasteiger partial charge in [0.15, 0.2) is 4.96 Å². The smallest absolute Gasteiger partial charge is 0.323 e. The molecule has 0 atom stereocenters. The van der Waals surface area contributed by atoms with E-state index in [-0.39, 0.29) is 6.03 Å². The molecule has 0 saturated heterocycles. The number of amides is 2. The largest absolute Gasteiger partial charge is 0.497 e. The molecule has 4 aromatic rings. The summed E-state index contributed by atoms with van der Waals surface area (Å²) in [6.07, 6.45) is 3.93. The molecule has 2 amide bonds. The molecule has 0 radical (unpaired) electrons. The van der Waals surface area contributed by atoms with Gasteiger partial charge >= 0.3 is 6.03 Å². The van der Waals surface area contributed by atoms with Crippen molar-refractivity contribution in [1.29, 1.82) is 0 Å². The topological polar surface area (TPSA) is 76.9 Å². The zero-order valence-electron chi connectivity index (χ0n) is 15.3. The van der Waals surface area contributed by atoms with Gasteiger partial charge in [0.1, 0.15) is 11.5 Å². The summed E-state index contributed by atoms with van der Waals surface area (Å²) >= 11 is 1.58. The number of urea groups is 1. The lowest BCUT2D eigenvalue weighted by Crippen LogP contribution is -2.19. The lowest BCUT2D eigenvalue weighted by atomic mass is 10.1. The number of rotatable bonds is 5. The van der Waals surface area contributed by atoms with E-state index >= 15 is 0 Å². The fourth-order valence-corrected chi connectivity index (χ4v) is 3.52. The minimum atomic E-state index is -0.380. The molecule has 4 rings (SSSR count). The van der Waals surface area contributed by atoms with Gasteiger partial charge in [-0.1, -0.05) is 12.1 Å². The standard InChI is InChI=1S/C20H18N4O3S/c1-26-15-6-7-18(27-2)16(11-15)22-19(25)21-14-5-3-4-13(10-14)17-12-24-8-9-28-20(24)23-17/h3-12H,1-2H3,(H2,21,22,25). The first-order valence-electron chi connectivity index (χ1n) is 8.49. The Bertz CT molecular complexity index is 1110. The summed E-state index contributed by atoms with van der Waals surface area (Å²) in [5.74, 6) is 1.17. The molecule has 2 heterocycles. The first-order valence-corrected chi connectivity index (χ1v) is 9.37. The summed E-state index contributed by atoms with van der Waals surface area (Å²) in [4.78, 5) is 18.0. The van der Waals surface area contributed by atoms with Crippen molar-refractivity contribution in [2.24, 2.45) is 0 Å². The summed E-state index contributed by atoms with van der Waals surface area (Å²) in [5.41, 5.74) is 2.95. The average Bonchev–Trinajstić information content (AvgIpc) is 3.30. The van der Waals surface area contributed by atoms with E-state index in [2.05, 4.69) is 15.6 Å². The SMILES string of the molecule is COc1ccc(OC)c(NC(=O)Nc2cccc(-c3cn4ccsc4n3)c2)c1. The van der Waals surface area contributed by atoms with Gasteiger partial charge in [-0.3, -0.25) is 4.40 Å². The van der Waals surface area contributed by atoms with Crippen LogP contribution in [-0.2, 0) is 0 Å². The second-order valence-electron chi connectivity index (χ2n) is 5.95. The van der Waals surface area contributed by atoms with Gasteiger partial charge in [0.05, 0.1) is 25.6 Å². The second-order valence-corrected chi connectivity index (χ2v) is 6.82. The normalized spacial score (nSPS) is 10.6. The third-order valence-electron chi connectivity index (χ3n) is 4.16. The molecule has 0 unspecified atom stereocenters. The summed E-state index contributed by atoms with van der Waals surface area (Å²) in [5, 5.41) is 7.61. The van der Waals surface area contributed by atoms with Crippen LogP contribution in [0.1, 0.15) is 0 Å². The van der Waals surface area contributed by atoms with Gasteiger partial charge in [0.2, 0.25) is 0 Å². The second kappa shape index (κ2) is 7.61. The molecule has 0 aliphatic heterocycles. The minimum Gasteiger partial charge on any atom is -0.497 e. The third kappa shape index (κ3) is 3.63. The van der Waals surface area contributed by atoms with Crippen LogP contribution in [0.5, 0.6) is 11.5 Å². The summed E-state index contributed by atoms with van der Waals surface area (Å²) < 4.78 is 12.5.